The van der Waals surface area contributed by atoms with Crippen LogP contribution in [0.2, 0.25) is 5.02 Å². The highest BCUT2D eigenvalue weighted by Gasteiger charge is 2.14. The largest absolute Gasteiger partial charge is 0.397 e. The molecule has 104 valence electrons. The van der Waals surface area contributed by atoms with E-state index in [0.29, 0.717) is 22.0 Å². The zero-order chi connectivity index (χ0) is 14.9. The summed E-state index contributed by atoms with van der Waals surface area (Å²) in [5.74, 6) is -0.158. The van der Waals surface area contributed by atoms with E-state index in [1.165, 1.54) is 0 Å². The van der Waals surface area contributed by atoms with Crippen molar-refractivity contribution in [1.29, 1.82) is 0 Å². The third-order valence-corrected chi connectivity index (χ3v) is 3.40. The van der Waals surface area contributed by atoms with E-state index in [1.807, 2.05) is 32.9 Å². The Morgan fingerprint density at radius 1 is 1.10 bits per heavy atom. The fourth-order valence-electron chi connectivity index (χ4n) is 2.37. The number of nitrogens with two attached hydrogens (primary N) is 1. The third kappa shape index (κ3) is 2.94. The number of nitrogen functional groups attached to an aromatic ring is 1. The monoisotopic (exact) mass is 288 g/mol. The molecule has 0 fully saturated rings. The Morgan fingerprint density at radius 2 is 1.70 bits per heavy atom. The molecule has 0 aliphatic heterocycles. The number of aryl methyl sites for hydroxylation is 3. The smallest absolute Gasteiger partial charge is 0.256 e. The summed E-state index contributed by atoms with van der Waals surface area (Å²) in [5.41, 5.74) is 10.6. The Bertz CT molecular complexity index is 657. The number of hydrogen-bond donors (Lipinski definition) is 2. The van der Waals surface area contributed by atoms with Gasteiger partial charge in [0.1, 0.15) is 0 Å². The fraction of sp³-hybridized carbons (Fsp3) is 0.188. The second-order valence-corrected chi connectivity index (χ2v) is 5.40. The maximum absolute atomic E-state index is 12.4. The third-order valence-electron chi connectivity index (χ3n) is 3.17. The molecular formula is C16H17ClN2O. The van der Waals surface area contributed by atoms with E-state index in [4.69, 9.17) is 17.3 Å². The molecule has 1 amide bonds. The Kier molecular flexibility index (Phi) is 4.00. The van der Waals surface area contributed by atoms with E-state index in [1.54, 1.807) is 18.2 Å². The van der Waals surface area contributed by atoms with Gasteiger partial charge in [0.2, 0.25) is 0 Å². The number of rotatable bonds is 2. The molecule has 0 spiro atoms. The minimum Gasteiger partial charge on any atom is -0.397 e. The zero-order valence-corrected chi connectivity index (χ0v) is 12.5. The van der Waals surface area contributed by atoms with Crippen LogP contribution in [-0.4, -0.2) is 5.91 Å². The molecule has 4 heteroatoms. The summed E-state index contributed by atoms with van der Waals surface area (Å²) in [6.07, 6.45) is 0. The highest BCUT2D eigenvalue weighted by atomic mass is 35.5. The molecule has 0 unspecified atom stereocenters. The molecule has 0 saturated carbocycles. The lowest BCUT2D eigenvalue weighted by Gasteiger charge is -2.13. The molecule has 2 rings (SSSR count). The summed E-state index contributed by atoms with van der Waals surface area (Å²) < 4.78 is 0. The van der Waals surface area contributed by atoms with Crippen LogP contribution in [0.1, 0.15) is 27.0 Å². The Balaban J connectivity index is 2.33. The average Bonchev–Trinajstić information content (AvgIpc) is 2.31. The number of hydrogen-bond acceptors (Lipinski definition) is 2. The molecule has 0 radical (unpaired) electrons. The lowest BCUT2D eigenvalue weighted by Crippen LogP contribution is -2.16. The summed E-state index contributed by atoms with van der Waals surface area (Å²) in [6.45, 7) is 5.87. The van der Waals surface area contributed by atoms with Crippen molar-refractivity contribution in [2.75, 3.05) is 11.1 Å². The van der Waals surface area contributed by atoms with Crippen LogP contribution in [0.5, 0.6) is 0 Å². The summed E-state index contributed by atoms with van der Waals surface area (Å²) in [4.78, 5) is 12.4. The minimum atomic E-state index is -0.158. The van der Waals surface area contributed by atoms with Gasteiger partial charge in [0.15, 0.2) is 0 Å². The van der Waals surface area contributed by atoms with Gasteiger partial charge in [0.05, 0.1) is 11.4 Å². The number of amides is 1. The van der Waals surface area contributed by atoms with Gasteiger partial charge in [-0.15, -0.1) is 0 Å². The molecule has 0 atom stereocenters. The molecule has 0 bridgehead atoms. The van der Waals surface area contributed by atoms with E-state index in [0.717, 1.165) is 16.7 Å². The predicted molar refractivity (Wildman–Crippen MR) is 84.5 cm³/mol. The SMILES string of the molecule is Cc1cc(C)c(C(=O)Nc2ccc(Cl)cc2N)c(C)c1. The van der Waals surface area contributed by atoms with E-state index >= 15 is 0 Å². The van der Waals surface area contributed by atoms with Gasteiger partial charge in [-0.05, 0) is 50.1 Å². The lowest BCUT2D eigenvalue weighted by atomic mass is 9.99. The van der Waals surface area contributed by atoms with Crippen molar-refractivity contribution in [2.24, 2.45) is 0 Å². The van der Waals surface area contributed by atoms with Crippen molar-refractivity contribution in [3.63, 3.8) is 0 Å². The number of halogens is 1. The Hall–Kier alpha value is -2.00. The highest BCUT2D eigenvalue weighted by Crippen LogP contribution is 2.24. The normalized spacial score (nSPS) is 10.4. The number of nitrogens with one attached hydrogen (secondary N) is 1. The maximum Gasteiger partial charge on any atom is 0.256 e. The minimum absolute atomic E-state index is 0.158. The van der Waals surface area contributed by atoms with Gasteiger partial charge >= 0.3 is 0 Å². The summed E-state index contributed by atoms with van der Waals surface area (Å²) in [7, 11) is 0. The highest BCUT2D eigenvalue weighted by molar-refractivity contribution is 6.31. The molecule has 0 heterocycles. The van der Waals surface area contributed by atoms with Crippen molar-refractivity contribution >= 4 is 28.9 Å². The molecule has 3 nitrogen and oxygen atoms in total. The summed E-state index contributed by atoms with van der Waals surface area (Å²) in [6, 6.07) is 9.00. The lowest BCUT2D eigenvalue weighted by molar-refractivity contribution is 0.102. The first kappa shape index (κ1) is 14.4. The van der Waals surface area contributed by atoms with Crippen molar-refractivity contribution in [2.45, 2.75) is 20.8 Å². The van der Waals surface area contributed by atoms with Gasteiger partial charge in [-0.3, -0.25) is 4.79 Å². The van der Waals surface area contributed by atoms with E-state index < -0.39 is 0 Å². The number of anilines is 2. The molecule has 2 aromatic carbocycles. The van der Waals surface area contributed by atoms with Crippen LogP contribution < -0.4 is 11.1 Å². The van der Waals surface area contributed by atoms with Crippen LogP contribution in [0.3, 0.4) is 0 Å². The first-order valence-electron chi connectivity index (χ1n) is 6.32. The van der Waals surface area contributed by atoms with E-state index in [2.05, 4.69) is 5.32 Å². The Labute approximate surface area is 123 Å². The van der Waals surface area contributed by atoms with Crippen LogP contribution in [0, 0.1) is 20.8 Å². The van der Waals surface area contributed by atoms with Crippen molar-refractivity contribution in [3.8, 4) is 0 Å². The molecule has 0 aromatic heterocycles. The maximum atomic E-state index is 12.4. The number of benzene rings is 2. The predicted octanol–water partition coefficient (Wildman–Crippen LogP) is 4.10. The molecule has 0 aliphatic rings. The molecule has 0 aliphatic carbocycles. The first-order chi connectivity index (χ1) is 9.38. The number of carbonyl (C=O) groups excluding carboxylic acids is 1. The van der Waals surface area contributed by atoms with Gasteiger partial charge in [-0.2, -0.15) is 0 Å². The van der Waals surface area contributed by atoms with Gasteiger partial charge in [0, 0.05) is 10.6 Å². The topological polar surface area (TPSA) is 55.1 Å². The standard InChI is InChI=1S/C16H17ClN2O/c1-9-6-10(2)15(11(3)7-9)16(20)19-14-5-4-12(17)8-13(14)18/h4-8H,18H2,1-3H3,(H,19,20). The quantitative estimate of drug-likeness (QED) is 0.818. The average molecular weight is 289 g/mol. The van der Waals surface area contributed by atoms with Crippen LogP contribution in [0.15, 0.2) is 30.3 Å². The number of carbonyl (C=O) groups is 1. The van der Waals surface area contributed by atoms with Gasteiger partial charge in [-0.25, -0.2) is 0 Å². The van der Waals surface area contributed by atoms with E-state index in [-0.39, 0.29) is 5.91 Å². The van der Waals surface area contributed by atoms with Gasteiger partial charge < -0.3 is 11.1 Å². The van der Waals surface area contributed by atoms with Gasteiger partial charge in [-0.1, -0.05) is 29.3 Å². The van der Waals surface area contributed by atoms with Crippen LogP contribution in [-0.2, 0) is 0 Å². The van der Waals surface area contributed by atoms with Gasteiger partial charge in [0.25, 0.3) is 5.91 Å². The molecule has 0 saturated heterocycles. The second kappa shape index (κ2) is 5.55. The molecule has 20 heavy (non-hydrogen) atoms. The van der Waals surface area contributed by atoms with Crippen LogP contribution >= 0.6 is 11.6 Å². The van der Waals surface area contributed by atoms with E-state index in [9.17, 15) is 4.79 Å². The molecular weight excluding hydrogens is 272 g/mol. The molecule has 3 N–H and O–H groups in total. The van der Waals surface area contributed by atoms with Crippen molar-refractivity contribution in [3.05, 3.63) is 57.6 Å². The van der Waals surface area contributed by atoms with Crippen molar-refractivity contribution < 1.29 is 4.79 Å². The van der Waals surface area contributed by atoms with Crippen LogP contribution in [0.25, 0.3) is 0 Å². The fourth-order valence-corrected chi connectivity index (χ4v) is 2.55. The first-order valence-corrected chi connectivity index (χ1v) is 6.70. The Morgan fingerprint density at radius 3 is 2.25 bits per heavy atom. The summed E-state index contributed by atoms with van der Waals surface area (Å²) in [5, 5.41) is 3.38. The van der Waals surface area contributed by atoms with Crippen LogP contribution in [0.4, 0.5) is 11.4 Å². The van der Waals surface area contributed by atoms with Crippen molar-refractivity contribution in [1.82, 2.24) is 0 Å². The molecule has 2 aromatic rings. The summed E-state index contributed by atoms with van der Waals surface area (Å²) >= 11 is 5.85. The zero-order valence-electron chi connectivity index (χ0n) is 11.8. The second-order valence-electron chi connectivity index (χ2n) is 4.96.